The van der Waals surface area contributed by atoms with E-state index in [0.29, 0.717) is 26.6 Å². The first kappa shape index (κ1) is 18.7. The van der Waals surface area contributed by atoms with Crippen LogP contribution in [0.2, 0.25) is 0 Å². The van der Waals surface area contributed by atoms with Crippen molar-refractivity contribution in [2.75, 3.05) is 31.1 Å². The number of hydrogen-bond acceptors (Lipinski definition) is 6. The minimum atomic E-state index is -0.312. The zero-order valence-electron chi connectivity index (χ0n) is 16.2. The van der Waals surface area contributed by atoms with E-state index >= 15 is 0 Å². The van der Waals surface area contributed by atoms with Crippen LogP contribution in [0.25, 0.3) is 17.0 Å². The van der Waals surface area contributed by atoms with Gasteiger partial charge in [0.15, 0.2) is 10.6 Å². The van der Waals surface area contributed by atoms with Crippen molar-refractivity contribution < 1.29 is 9.21 Å². The fraction of sp³-hybridized carbons (Fsp3) is 0.174. The summed E-state index contributed by atoms with van der Waals surface area (Å²) in [6.45, 7) is 3.31. The Morgan fingerprint density at radius 1 is 0.900 bits per heavy atom. The smallest absolute Gasteiger partial charge is 0.286 e. The fourth-order valence-corrected chi connectivity index (χ4v) is 4.62. The molecule has 3 aromatic rings. The molecule has 0 unspecified atom stereocenters. The molecule has 6 nitrogen and oxygen atoms in total. The van der Waals surface area contributed by atoms with Gasteiger partial charge in [-0.25, -0.2) is 0 Å². The van der Waals surface area contributed by atoms with Gasteiger partial charge in [0.1, 0.15) is 11.8 Å². The van der Waals surface area contributed by atoms with E-state index in [1.807, 2.05) is 24.3 Å². The summed E-state index contributed by atoms with van der Waals surface area (Å²) in [7, 11) is 0. The van der Waals surface area contributed by atoms with Gasteiger partial charge in [-0.3, -0.25) is 9.59 Å². The first-order valence-corrected chi connectivity index (χ1v) is 10.6. The van der Waals surface area contributed by atoms with Crippen LogP contribution >= 0.6 is 11.8 Å². The number of fused-ring (bicyclic) bond motifs is 1. The number of amidine groups is 1. The predicted octanol–water partition coefficient (Wildman–Crippen LogP) is 3.59. The number of para-hydroxylation sites is 2. The highest BCUT2D eigenvalue weighted by Crippen LogP contribution is 2.31. The highest BCUT2D eigenvalue weighted by molar-refractivity contribution is 8.18. The second-order valence-electron chi connectivity index (χ2n) is 7.14. The third kappa shape index (κ3) is 3.52. The Kier molecular flexibility index (Phi) is 4.88. The van der Waals surface area contributed by atoms with Crippen LogP contribution in [0.15, 0.2) is 80.0 Å². The van der Waals surface area contributed by atoms with E-state index < -0.39 is 0 Å². The minimum absolute atomic E-state index is 0.150. The first-order valence-electron chi connectivity index (χ1n) is 9.77. The summed E-state index contributed by atoms with van der Waals surface area (Å²) < 4.78 is 5.55. The number of thioether (sulfide) groups is 1. The SMILES string of the molecule is O=C1N=C(N2CCN(c3ccccc3)CC2)S/C1=C\c1coc2ccccc2c1=O. The van der Waals surface area contributed by atoms with Gasteiger partial charge in [-0.15, -0.1) is 0 Å². The van der Waals surface area contributed by atoms with Crippen LogP contribution < -0.4 is 10.3 Å². The Balaban J connectivity index is 1.31. The lowest BCUT2D eigenvalue weighted by atomic mass is 10.1. The molecule has 150 valence electrons. The van der Waals surface area contributed by atoms with Gasteiger partial charge in [0.25, 0.3) is 5.91 Å². The molecule has 0 N–H and O–H groups in total. The molecule has 7 heteroatoms. The number of piperazine rings is 1. The molecule has 3 heterocycles. The van der Waals surface area contributed by atoms with Gasteiger partial charge in [-0.05, 0) is 42.1 Å². The summed E-state index contributed by atoms with van der Waals surface area (Å²) in [5, 5.41) is 1.20. The van der Waals surface area contributed by atoms with E-state index in [4.69, 9.17) is 4.42 Å². The quantitative estimate of drug-likeness (QED) is 0.594. The van der Waals surface area contributed by atoms with Gasteiger partial charge in [-0.2, -0.15) is 4.99 Å². The molecule has 0 spiro atoms. The summed E-state index contributed by atoms with van der Waals surface area (Å²) in [5.74, 6) is -0.312. The molecule has 1 aromatic heterocycles. The van der Waals surface area contributed by atoms with Crippen LogP contribution in [0.4, 0.5) is 5.69 Å². The maximum Gasteiger partial charge on any atom is 0.286 e. The Labute approximate surface area is 177 Å². The first-order chi connectivity index (χ1) is 14.7. The topological polar surface area (TPSA) is 66.1 Å². The third-order valence-electron chi connectivity index (χ3n) is 5.27. The van der Waals surface area contributed by atoms with E-state index in [9.17, 15) is 9.59 Å². The molecule has 0 bridgehead atoms. The lowest BCUT2D eigenvalue weighted by Crippen LogP contribution is -2.47. The second kappa shape index (κ2) is 7.84. The van der Waals surface area contributed by atoms with E-state index in [0.717, 1.165) is 26.2 Å². The minimum Gasteiger partial charge on any atom is -0.463 e. The van der Waals surface area contributed by atoms with E-state index in [-0.39, 0.29) is 11.3 Å². The zero-order chi connectivity index (χ0) is 20.5. The van der Waals surface area contributed by atoms with Gasteiger partial charge in [0.05, 0.1) is 15.9 Å². The number of benzene rings is 2. The summed E-state index contributed by atoms with van der Waals surface area (Å²) >= 11 is 1.32. The highest BCUT2D eigenvalue weighted by atomic mass is 32.2. The van der Waals surface area contributed by atoms with Gasteiger partial charge in [-0.1, -0.05) is 30.3 Å². The largest absolute Gasteiger partial charge is 0.463 e. The molecule has 1 amide bonds. The molecular formula is C23H19N3O3S. The molecule has 1 saturated heterocycles. The molecule has 0 atom stereocenters. The standard InChI is InChI=1S/C23H19N3O3S/c27-21-16(15-29-19-9-5-4-8-18(19)21)14-20-22(28)24-23(30-20)26-12-10-25(11-13-26)17-6-2-1-3-7-17/h1-9,14-15H,10-13H2/b20-14-. The van der Waals surface area contributed by atoms with Crippen molar-refractivity contribution >= 4 is 45.6 Å². The van der Waals surface area contributed by atoms with E-state index in [1.165, 1.54) is 23.7 Å². The van der Waals surface area contributed by atoms with Gasteiger partial charge >= 0.3 is 0 Å². The Bertz CT molecular complexity index is 1230. The lowest BCUT2D eigenvalue weighted by molar-refractivity contribution is -0.113. The van der Waals surface area contributed by atoms with Crippen LogP contribution in [-0.4, -0.2) is 42.2 Å². The number of hydrogen-bond donors (Lipinski definition) is 0. The Morgan fingerprint density at radius 2 is 1.60 bits per heavy atom. The molecule has 1 fully saturated rings. The van der Waals surface area contributed by atoms with E-state index in [1.54, 1.807) is 24.3 Å². The zero-order valence-corrected chi connectivity index (χ0v) is 17.0. The monoisotopic (exact) mass is 417 g/mol. The van der Waals surface area contributed by atoms with Crippen LogP contribution in [0.5, 0.6) is 0 Å². The number of anilines is 1. The maximum absolute atomic E-state index is 12.7. The van der Waals surface area contributed by atoms with Crippen molar-refractivity contribution in [2.45, 2.75) is 0 Å². The molecule has 2 aliphatic rings. The van der Waals surface area contributed by atoms with Crippen LogP contribution in [-0.2, 0) is 4.79 Å². The van der Waals surface area contributed by atoms with Crippen molar-refractivity contribution in [1.82, 2.24) is 4.90 Å². The van der Waals surface area contributed by atoms with Gasteiger partial charge in [0, 0.05) is 31.9 Å². The predicted molar refractivity (Wildman–Crippen MR) is 121 cm³/mol. The lowest BCUT2D eigenvalue weighted by Gasteiger charge is -2.36. The van der Waals surface area contributed by atoms with Crippen LogP contribution in [0.3, 0.4) is 0 Å². The Morgan fingerprint density at radius 3 is 2.40 bits per heavy atom. The molecule has 0 radical (unpaired) electrons. The summed E-state index contributed by atoms with van der Waals surface area (Å²) in [5.41, 5.74) is 1.94. The van der Waals surface area contributed by atoms with E-state index in [2.05, 4.69) is 26.9 Å². The third-order valence-corrected chi connectivity index (χ3v) is 6.32. The number of amides is 1. The van der Waals surface area contributed by atoms with Crippen molar-refractivity contribution in [3.8, 4) is 0 Å². The number of carbonyl (C=O) groups excluding carboxylic acids is 1. The highest BCUT2D eigenvalue weighted by Gasteiger charge is 2.28. The molecule has 5 rings (SSSR count). The number of nitrogens with zero attached hydrogens (tertiary/aromatic N) is 3. The second-order valence-corrected chi connectivity index (χ2v) is 8.15. The molecule has 2 aliphatic heterocycles. The van der Waals surface area contributed by atoms with Crippen LogP contribution in [0, 0.1) is 0 Å². The number of aliphatic imine (C=N–C) groups is 1. The number of carbonyl (C=O) groups is 1. The van der Waals surface area contributed by atoms with Crippen molar-refractivity contribution in [3.63, 3.8) is 0 Å². The van der Waals surface area contributed by atoms with Crippen LogP contribution in [0.1, 0.15) is 5.56 Å². The van der Waals surface area contributed by atoms with Gasteiger partial charge in [0.2, 0.25) is 0 Å². The molecule has 0 saturated carbocycles. The molecule has 0 aliphatic carbocycles. The molecule has 30 heavy (non-hydrogen) atoms. The fourth-order valence-electron chi connectivity index (χ4n) is 3.66. The van der Waals surface area contributed by atoms with Crippen molar-refractivity contribution in [3.05, 3.63) is 81.6 Å². The number of rotatable bonds is 2. The summed E-state index contributed by atoms with van der Waals surface area (Å²) in [6.07, 6.45) is 2.99. The molecular weight excluding hydrogens is 398 g/mol. The molecule has 2 aromatic carbocycles. The Hall–Kier alpha value is -3.32. The average Bonchev–Trinajstić information content (AvgIpc) is 3.17. The van der Waals surface area contributed by atoms with Crippen molar-refractivity contribution in [1.29, 1.82) is 0 Å². The average molecular weight is 417 g/mol. The normalized spacial score (nSPS) is 18.3. The summed E-state index contributed by atoms with van der Waals surface area (Å²) in [4.78, 5) is 34.3. The maximum atomic E-state index is 12.7. The summed E-state index contributed by atoms with van der Waals surface area (Å²) in [6, 6.07) is 17.4. The van der Waals surface area contributed by atoms with Crippen molar-refractivity contribution in [2.24, 2.45) is 4.99 Å². The van der Waals surface area contributed by atoms with Gasteiger partial charge < -0.3 is 14.2 Å².